The lowest BCUT2D eigenvalue weighted by Gasteiger charge is -2.26. The first-order chi connectivity index (χ1) is 10.2. The molecule has 0 aliphatic carbocycles. The second-order valence-electron chi connectivity index (χ2n) is 5.48. The normalized spacial score (nSPS) is 17.7. The number of nitrogens with one attached hydrogen (secondary N) is 2. The Balaban J connectivity index is 0.00000242. The van der Waals surface area contributed by atoms with E-state index < -0.39 is 5.92 Å². The number of amides is 2. The summed E-state index contributed by atoms with van der Waals surface area (Å²) in [7, 11) is 0. The number of carbonyl (C=O) groups excluding carboxylic acids is 2. The smallest absolute Gasteiger partial charge is 0.228 e. The lowest BCUT2D eigenvalue weighted by molar-refractivity contribution is -0.126. The fourth-order valence-electron chi connectivity index (χ4n) is 2.65. The van der Waals surface area contributed by atoms with Crippen molar-refractivity contribution in [3.05, 3.63) is 29.8 Å². The lowest BCUT2D eigenvalue weighted by atomic mass is 9.89. The first kappa shape index (κ1) is 18.5. The molecule has 122 valence electrons. The highest BCUT2D eigenvalue weighted by Gasteiger charge is 2.31. The molecule has 0 bridgehead atoms. The molecule has 2 unspecified atom stereocenters. The number of hydrogen-bond donors (Lipinski definition) is 3. The van der Waals surface area contributed by atoms with Gasteiger partial charge in [-0.3, -0.25) is 9.59 Å². The number of halogens is 1. The molecular weight excluding hydrogens is 302 g/mol. The van der Waals surface area contributed by atoms with Gasteiger partial charge in [-0.25, -0.2) is 0 Å². The molecule has 2 amide bonds. The minimum atomic E-state index is -0.425. The summed E-state index contributed by atoms with van der Waals surface area (Å²) in [6.07, 6.45) is 3.16. The zero-order valence-electron chi connectivity index (χ0n) is 12.8. The number of rotatable bonds is 6. The standard InChI is InChI=1S/C16H23N3O2.ClH/c1-2-3-6-11(10-17)18-16(21)13-9-15(20)19-14-8-5-4-7-12(13)14;/h4-5,7-8,11,13H,2-3,6,9-10,17H2,1H3,(H,18,21)(H,19,20);1H. The van der Waals surface area contributed by atoms with Gasteiger partial charge in [0.15, 0.2) is 0 Å². The Kier molecular flexibility index (Phi) is 7.35. The molecule has 1 aromatic carbocycles. The first-order valence-electron chi connectivity index (χ1n) is 7.55. The van der Waals surface area contributed by atoms with Crippen LogP contribution >= 0.6 is 12.4 Å². The number of carbonyl (C=O) groups is 2. The molecule has 0 spiro atoms. The van der Waals surface area contributed by atoms with Crippen LogP contribution < -0.4 is 16.4 Å². The minimum absolute atomic E-state index is 0. The predicted octanol–water partition coefficient (Wildman–Crippen LogP) is 2.17. The van der Waals surface area contributed by atoms with Crippen molar-refractivity contribution in [3.8, 4) is 0 Å². The number of anilines is 1. The number of fused-ring (bicyclic) bond motifs is 1. The van der Waals surface area contributed by atoms with Gasteiger partial charge >= 0.3 is 0 Å². The van der Waals surface area contributed by atoms with Crippen molar-refractivity contribution in [1.29, 1.82) is 0 Å². The van der Waals surface area contributed by atoms with Crippen molar-refractivity contribution in [2.45, 2.75) is 44.6 Å². The molecule has 0 fully saturated rings. The Morgan fingerprint density at radius 1 is 1.45 bits per heavy atom. The van der Waals surface area contributed by atoms with Gasteiger partial charge in [-0.05, 0) is 18.1 Å². The molecule has 1 aliphatic heterocycles. The third-order valence-electron chi connectivity index (χ3n) is 3.85. The van der Waals surface area contributed by atoms with Crippen LogP contribution in [0.4, 0.5) is 5.69 Å². The van der Waals surface area contributed by atoms with Crippen molar-refractivity contribution < 1.29 is 9.59 Å². The van der Waals surface area contributed by atoms with Gasteiger partial charge in [-0.1, -0.05) is 38.0 Å². The summed E-state index contributed by atoms with van der Waals surface area (Å²) in [6, 6.07) is 7.43. The molecule has 5 nitrogen and oxygen atoms in total. The highest BCUT2D eigenvalue weighted by molar-refractivity contribution is 6.01. The number of unbranched alkanes of at least 4 members (excludes halogenated alkanes) is 1. The van der Waals surface area contributed by atoms with Crippen LogP contribution in [0.3, 0.4) is 0 Å². The summed E-state index contributed by atoms with van der Waals surface area (Å²) in [4.78, 5) is 24.2. The number of para-hydroxylation sites is 1. The van der Waals surface area contributed by atoms with Crippen LogP contribution in [0.25, 0.3) is 0 Å². The topological polar surface area (TPSA) is 84.2 Å². The van der Waals surface area contributed by atoms with E-state index in [1.54, 1.807) is 0 Å². The molecule has 0 radical (unpaired) electrons. The van der Waals surface area contributed by atoms with E-state index >= 15 is 0 Å². The molecule has 4 N–H and O–H groups in total. The van der Waals surface area contributed by atoms with Crippen molar-refractivity contribution in [2.24, 2.45) is 5.73 Å². The van der Waals surface area contributed by atoms with Crippen molar-refractivity contribution >= 4 is 29.9 Å². The summed E-state index contributed by atoms with van der Waals surface area (Å²) >= 11 is 0. The summed E-state index contributed by atoms with van der Waals surface area (Å²) < 4.78 is 0. The van der Waals surface area contributed by atoms with Crippen LogP contribution in [0.2, 0.25) is 0 Å². The largest absolute Gasteiger partial charge is 0.352 e. The van der Waals surface area contributed by atoms with Gasteiger partial charge in [0.1, 0.15) is 0 Å². The van der Waals surface area contributed by atoms with Crippen molar-refractivity contribution in [1.82, 2.24) is 5.32 Å². The molecule has 1 aromatic rings. The van der Waals surface area contributed by atoms with Crippen LogP contribution in [-0.2, 0) is 9.59 Å². The van der Waals surface area contributed by atoms with Gasteiger partial charge in [-0.15, -0.1) is 12.4 Å². The molecule has 0 saturated carbocycles. The third kappa shape index (κ3) is 4.45. The maximum absolute atomic E-state index is 12.5. The van der Waals surface area contributed by atoms with Gasteiger partial charge in [0, 0.05) is 24.7 Å². The zero-order valence-corrected chi connectivity index (χ0v) is 13.6. The van der Waals surface area contributed by atoms with Gasteiger partial charge in [0.25, 0.3) is 0 Å². The maximum atomic E-state index is 12.5. The molecule has 6 heteroatoms. The second kappa shape index (κ2) is 8.76. The predicted molar refractivity (Wildman–Crippen MR) is 90.2 cm³/mol. The number of benzene rings is 1. The Hall–Kier alpha value is -1.59. The summed E-state index contributed by atoms with van der Waals surface area (Å²) in [5, 5.41) is 5.79. The van der Waals surface area contributed by atoms with Gasteiger partial charge in [0.05, 0.1) is 5.92 Å². The molecule has 0 saturated heterocycles. The average molecular weight is 326 g/mol. The van der Waals surface area contributed by atoms with Crippen LogP contribution in [0.1, 0.15) is 44.1 Å². The molecule has 1 heterocycles. The maximum Gasteiger partial charge on any atom is 0.228 e. The molecule has 2 rings (SSSR count). The van der Waals surface area contributed by atoms with Gasteiger partial charge in [-0.2, -0.15) is 0 Å². The van der Waals surface area contributed by atoms with E-state index in [0.29, 0.717) is 6.54 Å². The summed E-state index contributed by atoms with van der Waals surface area (Å²) in [5.41, 5.74) is 7.32. The van der Waals surface area contributed by atoms with E-state index in [1.807, 2.05) is 24.3 Å². The van der Waals surface area contributed by atoms with E-state index in [1.165, 1.54) is 0 Å². The first-order valence-corrected chi connectivity index (χ1v) is 7.55. The molecular formula is C16H24ClN3O2. The van der Waals surface area contributed by atoms with Crippen molar-refractivity contribution in [2.75, 3.05) is 11.9 Å². The van der Waals surface area contributed by atoms with Crippen molar-refractivity contribution in [3.63, 3.8) is 0 Å². The summed E-state index contributed by atoms with van der Waals surface area (Å²) in [5.74, 6) is -0.652. The Bertz CT molecular complexity index is 522. The molecule has 2 atom stereocenters. The van der Waals surface area contributed by atoms with E-state index in [-0.39, 0.29) is 36.7 Å². The van der Waals surface area contributed by atoms with Crippen LogP contribution in [0, 0.1) is 0 Å². The lowest BCUT2D eigenvalue weighted by Crippen LogP contribution is -2.44. The SMILES string of the molecule is CCCCC(CN)NC(=O)C1CC(=O)Nc2ccccc21.Cl. The minimum Gasteiger partial charge on any atom is -0.352 e. The highest BCUT2D eigenvalue weighted by atomic mass is 35.5. The Morgan fingerprint density at radius 3 is 2.86 bits per heavy atom. The van der Waals surface area contributed by atoms with Crippen LogP contribution in [0.15, 0.2) is 24.3 Å². The van der Waals surface area contributed by atoms with E-state index in [4.69, 9.17) is 5.73 Å². The highest BCUT2D eigenvalue weighted by Crippen LogP contribution is 2.32. The van der Waals surface area contributed by atoms with Crippen LogP contribution in [0.5, 0.6) is 0 Å². The molecule has 1 aliphatic rings. The Morgan fingerprint density at radius 2 is 2.18 bits per heavy atom. The quantitative estimate of drug-likeness (QED) is 0.749. The number of hydrogen-bond acceptors (Lipinski definition) is 3. The fourth-order valence-corrected chi connectivity index (χ4v) is 2.65. The second-order valence-corrected chi connectivity index (χ2v) is 5.48. The average Bonchev–Trinajstić information content (AvgIpc) is 2.50. The molecule has 22 heavy (non-hydrogen) atoms. The number of nitrogens with two attached hydrogens (primary N) is 1. The van der Waals surface area contributed by atoms with E-state index in [2.05, 4.69) is 17.6 Å². The van der Waals surface area contributed by atoms with Gasteiger partial charge < -0.3 is 16.4 Å². The Labute approximate surface area is 137 Å². The molecule has 0 aromatic heterocycles. The third-order valence-corrected chi connectivity index (χ3v) is 3.85. The zero-order chi connectivity index (χ0) is 15.2. The van der Waals surface area contributed by atoms with E-state index in [0.717, 1.165) is 30.5 Å². The van der Waals surface area contributed by atoms with Crippen LogP contribution in [-0.4, -0.2) is 24.4 Å². The van der Waals surface area contributed by atoms with E-state index in [9.17, 15) is 9.59 Å². The summed E-state index contributed by atoms with van der Waals surface area (Å²) in [6.45, 7) is 2.53. The monoisotopic (exact) mass is 325 g/mol. The fraction of sp³-hybridized carbons (Fsp3) is 0.500. The van der Waals surface area contributed by atoms with Gasteiger partial charge in [0.2, 0.25) is 11.8 Å².